The largest absolute Gasteiger partial charge is 0.368 e. The van der Waals surface area contributed by atoms with E-state index < -0.39 is 0 Å². The van der Waals surface area contributed by atoms with E-state index in [1.807, 2.05) is 6.07 Å². The molecule has 2 aromatic carbocycles. The van der Waals surface area contributed by atoms with Crippen LogP contribution in [-0.4, -0.2) is 99.1 Å². The number of nitrogens with one attached hydrogen (secondary N) is 3. The van der Waals surface area contributed by atoms with Crippen molar-refractivity contribution < 1.29 is 0 Å². The lowest BCUT2D eigenvalue weighted by molar-refractivity contribution is 0.402. The average molecular weight is 836 g/mol. The van der Waals surface area contributed by atoms with Gasteiger partial charge in [0.2, 0.25) is 10.6 Å². The zero-order valence-corrected chi connectivity index (χ0v) is 33.2. The Labute approximate surface area is 344 Å². The molecule has 10 rings (SSSR count). The number of imidazole rings is 3. The smallest absolute Gasteiger partial charge is 0.226 e. The molecule has 0 unspecified atom stereocenters. The Balaban J connectivity index is 0.000000151. The number of fused-ring (bicyclic) bond motifs is 3. The highest BCUT2D eigenvalue weighted by Gasteiger charge is 2.24. The van der Waals surface area contributed by atoms with E-state index in [2.05, 4.69) is 129 Å². The molecule has 0 aliphatic carbocycles. The lowest BCUT2D eigenvalue weighted by Crippen LogP contribution is -2.47. The Morgan fingerprint density at radius 2 is 1.09 bits per heavy atom. The lowest BCUT2D eigenvalue weighted by atomic mass is 9.90. The maximum absolute atomic E-state index is 6.03. The molecule has 0 bridgehead atoms. The number of rotatable bonds is 5. The fourth-order valence-electron chi connectivity index (χ4n) is 6.84. The maximum Gasteiger partial charge on any atom is 0.226 e. The van der Waals surface area contributed by atoms with Crippen molar-refractivity contribution in [3.63, 3.8) is 0 Å². The number of nitrogens with zero attached hydrogens (tertiary/aromatic N) is 12. The van der Waals surface area contributed by atoms with Crippen LogP contribution in [-0.2, 0) is 6.42 Å². The maximum atomic E-state index is 6.03. The van der Waals surface area contributed by atoms with E-state index in [4.69, 9.17) is 23.2 Å². The number of para-hydroxylation sites is 1. The van der Waals surface area contributed by atoms with Crippen molar-refractivity contribution in [1.29, 1.82) is 0 Å². The van der Waals surface area contributed by atoms with E-state index in [0.717, 1.165) is 92.6 Å². The monoisotopic (exact) mass is 833 g/mol. The normalized spacial score (nSPS) is 14.4. The van der Waals surface area contributed by atoms with Gasteiger partial charge in [-0.25, -0.2) is 24.9 Å². The highest BCUT2D eigenvalue weighted by atomic mass is 35.5. The van der Waals surface area contributed by atoms with Gasteiger partial charge in [0, 0.05) is 45.0 Å². The van der Waals surface area contributed by atoms with Crippen molar-refractivity contribution >= 4 is 98.8 Å². The van der Waals surface area contributed by atoms with Crippen LogP contribution in [0.2, 0.25) is 10.6 Å². The zero-order chi connectivity index (χ0) is 36.7. The lowest BCUT2D eigenvalue weighted by Gasteiger charge is -2.36. The number of H-pyrrole nitrogens is 3. The summed E-state index contributed by atoms with van der Waals surface area (Å²) in [7, 11) is 0. The molecule has 0 saturated carbocycles. The first-order chi connectivity index (χ1) is 26.6. The Bertz CT molecular complexity index is 2380. The summed E-state index contributed by atoms with van der Waals surface area (Å²) >= 11 is 12.0. The van der Waals surface area contributed by atoms with Crippen molar-refractivity contribution in [1.82, 2.24) is 59.8 Å². The van der Waals surface area contributed by atoms with Gasteiger partial charge in [0.15, 0.2) is 28.6 Å². The molecule has 2 aliphatic heterocycles. The molecule has 0 radical (unpaired) electrons. The van der Waals surface area contributed by atoms with Gasteiger partial charge in [-0.3, -0.25) is 0 Å². The molecule has 8 heterocycles. The van der Waals surface area contributed by atoms with Crippen LogP contribution in [0.25, 0.3) is 33.5 Å². The molecule has 2 saturated heterocycles. The van der Waals surface area contributed by atoms with Crippen LogP contribution in [0.4, 0.5) is 17.3 Å². The number of benzene rings is 2. The number of piperidine rings is 1. The van der Waals surface area contributed by atoms with Gasteiger partial charge in [-0.2, -0.15) is 19.9 Å². The Morgan fingerprint density at radius 3 is 1.68 bits per heavy atom. The third kappa shape index (κ3) is 9.53. The molecule has 2 aliphatic rings. The Kier molecular flexibility index (Phi) is 13.7. The average Bonchev–Trinajstić information content (AvgIpc) is 4.01. The summed E-state index contributed by atoms with van der Waals surface area (Å²) in [5.74, 6) is 2.43. The summed E-state index contributed by atoms with van der Waals surface area (Å²) in [6, 6.07) is 21.2. The van der Waals surface area contributed by atoms with E-state index in [1.54, 1.807) is 25.2 Å². The molecular weight excluding hydrogens is 796 g/mol. The van der Waals surface area contributed by atoms with E-state index in [1.165, 1.54) is 17.6 Å². The number of halogens is 4. The first-order valence-electron chi connectivity index (χ1n) is 17.7. The van der Waals surface area contributed by atoms with E-state index in [9.17, 15) is 0 Å². The topological polar surface area (TPSA) is 173 Å². The summed E-state index contributed by atoms with van der Waals surface area (Å²) in [4.78, 5) is 53.0. The van der Waals surface area contributed by atoms with Gasteiger partial charge in [-0.1, -0.05) is 48.5 Å². The molecule has 6 aromatic heterocycles. The summed E-state index contributed by atoms with van der Waals surface area (Å²) in [6.45, 7) is 5.63. The third-order valence-electron chi connectivity index (χ3n) is 9.56. The predicted molar refractivity (Wildman–Crippen MR) is 226 cm³/mol. The standard InChI is InChI=1S/C17H18ClN5.C15H15ClN6.C5H4N4.2ClH/c18-17-21-15-14(19-11-20-15)16(22-17)23-8-6-13(7-9-23)10-12-4-2-1-3-5-12;16-15-19-13-12(17-10-18-13)14(20-15)22-8-6-21(7-9-22)11-4-2-1-3-5-11;1-4-5(8-2-6-1)9-3-7-4;;/h1-5,11,13H,6-10H2,(H,19,20,21,22);1-5,10H,6-9H2,(H,17,18,19,20);1-3H,(H,6,7,8,9);2*1H. The van der Waals surface area contributed by atoms with Gasteiger partial charge in [0.1, 0.15) is 22.9 Å². The third-order valence-corrected chi connectivity index (χ3v) is 9.90. The van der Waals surface area contributed by atoms with Gasteiger partial charge in [-0.15, -0.1) is 24.8 Å². The number of aromatic nitrogens is 12. The first kappa shape index (κ1) is 40.3. The Hall–Kier alpha value is -5.35. The first-order valence-corrected chi connectivity index (χ1v) is 18.5. The van der Waals surface area contributed by atoms with Crippen LogP contribution >= 0.6 is 48.0 Å². The Morgan fingerprint density at radius 1 is 0.571 bits per heavy atom. The fraction of sp³-hybridized carbons (Fsp3) is 0.270. The summed E-state index contributed by atoms with van der Waals surface area (Å²) in [5, 5.41) is 0.492. The van der Waals surface area contributed by atoms with Crippen molar-refractivity contribution in [3.05, 3.63) is 108 Å². The number of piperazine rings is 1. The molecule has 8 aromatic rings. The van der Waals surface area contributed by atoms with Gasteiger partial charge in [-0.05, 0) is 66.1 Å². The summed E-state index contributed by atoms with van der Waals surface area (Å²) < 4.78 is 0. The number of hydrogen-bond donors (Lipinski definition) is 3. The van der Waals surface area contributed by atoms with Crippen LogP contribution in [0.15, 0.2) is 92.2 Å². The molecule has 0 amide bonds. The minimum Gasteiger partial charge on any atom is -0.368 e. The molecule has 290 valence electrons. The van der Waals surface area contributed by atoms with Crippen LogP contribution in [0, 0.1) is 5.92 Å². The second-order valence-corrected chi connectivity index (χ2v) is 13.6. The van der Waals surface area contributed by atoms with Crippen LogP contribution in [0.5, 0.6) is 0 Å². The van der Waals surface area contributed by atoms with Gasteiger partial charge < -0.3 is 29.7 Å². The predicted octanol–water partition coefficient (Wildman–Crippen LogP) is 6.99. The molecule has 0 spiro atoms. The van der Waals surface area contributed by atoms with Gasteiger partial charge in [0.05, 0.1) is 25.2 Å². The van der Waals surface area contributed by atoms with Crippen molar-refractivity contribution in [2.45, 2.75) is 19.3 Å². The van der Waals surface area contributed by atoms with Crippen LogP contribution < -0.4 is 14.7 Å². The molecule has 3 N–H and O–H groups in total. The van der Waals surface area contributed by atoms with E-state index >= 15 is 0 Å². The number of anilines is 3. The van der Waals surface area contributed by atoms with Crippen molar-refractivity contribution in [2.24, 2.45) is 5.92 Å². The highest BCUT2D eigenvalue weighted by molar-refractivity contribution is 6.29. The summed E-state index contributed by atoms with van der Waals surface area (Å²) in [5.41, 5.74) is 7.23. The zero-order valence-electron chi connectivity index (χ0n) is 30.0. The second kappa shape index (κ2) is 19.0. The van der Waals surface area contributed by atoms with Gasteiger partial charge in [0.25, 0.3) is 0 Å². The number of aromatic amines is 3. The quantitative estimate of drug-likeness (QED) is 0.152. The molecular formula is C37H39Cl4N15. The number of hydrogen-bond acceptors (Lipinski definition) is 12. The van der Waals surface area contributed by atoms with Gasteiger partial charge >= 0.3 is 0 Å². The SMILES string of the molecule is Cl.Cl.Clc1nc(N2CCC(Cc3ccccc3)CC2)c2[nH]cnc2n1.Clc1nc(N2CCN(c3ccccc3)CC2)c2[nH]cnc2n1.c1ncc2[nH]cnc2n1. The minimum absolute atomic E-state index is 0. The molecule has 0 atom stereocenters. The summed E-state index contributed by atoms with van der Waals surface area (Å²) in [6.07, 6.45) is 11.5. The van der Waals surface area contributed by atoms with E-state index in [0.29, 0.717) is 16.9 Å². The minimum atomic E-state index is 0. The molecule has 56 heavy (non-hydrogen) atoms. The second-order valence-electron chi connectivity index (χ2n) is 12.9. The van der Waals surface area contributed by atoms with Crippen molar-refractivity contribution in [3.8, 4) is 0 Å². The fourth-order valence-corrected chi connectivity index (χ4v) is 7.16. The van der Waals surface area contributed by atoms with Crippen LogP contribution in [0.1, 0.15) is 18.4 Å². The molecule has 2 fully saturated rings. The van der Waals surface area contributed by atoms with E-state index in [-0.39, 0.29) is 35.4 Å². The highest BCUT2D eigenvalue weighted by Crippen LogP contribution is 2.29. The van der Waals surface area contributed by atoms with Crippen molar-refractivity contribution in [2.75, 3.05) is 54.0 Å². The molecule has 19 heteroatoms. The van der Waals surface area contributed by atoms with Crippen LogP contribution in [0.3, 0.4) is 0 Å². The molecule has 15 nitrogen and oxygen atoms in total.